The summed E-state index contributed by atoms with van der Waals surface area (Å²) in [5.41, 5.74) is 4.27. The average molecular weight is 185 g/mol. The van der Waals surface area contributed by atoms with Gasteiger partial charge in [0, 0.05) is 6.04 Å². The first-order chi connectivity index (χ1) is 6.81. The molecule has 2 rings (SSSR count). The van der Waals surface area contributed by atoms with E-state index in [1.165, 1.54) is 29.5 Å². The lowest BCUT2D eigenvalue weighted by Crippen LogP contribution is -2.19. The number of hydrogen-bond donors (Lipinski definition) is 1. The number of fused-ring (bicyclic) bond motifs is 1. The molecule has 14 heavy (non-hydrogen) atoms. The molecule has 0 unspecified atom stereocenters. The molecule has 1 heteroatoms. The Hall–Kier alpha value is -1.26. The van der Waals surface area contributed by atoms with Crippen molar-refractivity contribution in [2.75, 3.05) is 6.54 Å². The van der Waals surface area contributed by atoms with Crippen molar-refractivity contribution >= 4 is 0 Å². The maximum absolute atomic E-state index is 5.24. The van der Waals surface area contributed by atoms with E-state index in [9.17, 15) is 0 Å². The molecule has 1 aliphatic rings. The molecule has 0 aliphatic heterocycles. The fourth-order valence-electron chi connectivity index (χ4n) is 2.14. The van der Waals surface area contributed by atoms with Crippen LogP contribution in [0.4, 0.5) is 0 Å². The molecule has 0 heterocycles. The second-order valence-electron chi connectivity index (χ2n) is 3.88. The molecule has 0 spiro atoms. The van der Waals surface area contributed by atoms with Crippen LogP contribution in [0.2, 0.25) is 0 Å². The van der Waals surface area contributed by atoms with Crippen LogP contribution in [0.3, 0.4) is 0 Å². The third-order valence-corrected chi connectivity index (χ3v) is 2.83. The Morgan fingerprint density at radius 2 is 2.43 bits per heavy atom. The fraction of sp³-hybridized carbons (Fsp3) is 0.385. The smallest absolute Gasteiger partial charge is 0.0578 e. The molecule has 0 radical (unpaired) electrons. The van der Waals surface area contributed by atoms with Gasteiger partial charge in [-0.25, -0.2) is 0 Å². The van der Waals surface area contributed by atoms with Gasteiger partial charge < -0.3 is 0 Å². The highest BCUT2D eigenvalue weighted by molar-refractivity contribution is 5.37. The first-order valence-electron chi connectivity index (χ1n) is 5.07. The third kappa shape index (κ3) is 1.66. The van der Waals surface area contributed by atoms with Gasteiger partial charge in [0.05, 0.1) is 6.54 Å². The number of aryl methyl sites for hydroxylation is 2. The molecule has 1 atom stereocenters. The summed E-state index contributed by atoms with van der Waals surface area (Å²) in [7, 11) is 0. The van der Waals surface area contributed by atoms with Crippen LogP contribution in [0.25, 0.3) is 0 Å². The van der Waals surface area contributed by atoms with E-state index in [2.05, 4.69) is 36.4 Å². The largest absolute Gasteiger partial charge is 0.299 e. The van der Waals surface area contributed by atoms with Crippen molar-refractivity contribution in [3.05, 3.63) is 34.9 Å². The molecule has 72 valence electrons. The molecule has 1 aromatic rings. The Labute approximate surface area is 85.5 Å². The minimum absolute atomic E-state index is 0.474. The molecule has 0 amide bonds. The molecule has 1 aromatic carbocycles. The van der Waals surface area contributed by atoms with Gasteiger partial charge in [-0.2, -0.15) is 0 Å². The Morgan fingerprint density at radius 1 is 1.57 bits per heavy atom. The van der Waals surface area contributed by atoms with Crippen LogP contribution in [0.5, 0.6) is 0 Å². The first-order valence-corrected chi connectivity index (χ1v) is 5.07. The number of rotatable bonds is 2. The number of benzene rings is 1. The molecule has 1 N–H and O–H groups in total. The van der Waals surface area contributed by atoms with Crippen molar-refractivity contribution in [1.29, 1.82) is 0 Å². The SMILES string of the molecule is C#CCN[C@@H]1CCc2cc(C)ccc21. The summed E-state index contributed by atoms with van der Waals surface area (Å²) >= 11 is 0. The second kappa shape index (κ2) is 3.86. The van der Waals surface area contributed by atoms with Crippen molar-refractivity contribution in [2.24, 2.45) is 0 Å². The van der Waals surface area contributed by atoms with Crippen LogP contribution < -0.4 is 5.32 Å². The number of hydrogen-bond acceptors (Lipinski definition) is 1. The van der Waals surface area contributed by atoms with E-state index in [4.69, 9.17) is 6.42 Å². The maximum Gasteiger partial charge on any atom is 0.0578 e. The van der Waals surface area contributed by atoms with Crippen molar-refractivity contribution < 1.29 is 0 Å². The van der Waals surface area contributed by atoms with Crippen LogP contribution in [-0.4, -0.2) is 6.54 Å². The molecule has 0 saturated heterocycles. The van der Waals surface area contributed by atoms with E-state index in [0.29, 0.717) is 12.6 Å². The van der Waals surface area contributed by atoms with Crippen LogP contribution in [-0.2, 0) is 6.42 Å². The highest BCUT2D eigenvalue weighted by Crippen LogP contribution is 2.31. The Bertz CT molecular complexity index is 373. The lowest BCUT2D eigenvalue weighted by Gasteiger charge is -2.11. The molecule has 1 nitrogen and oxygen atoms in total. The van der Waals surface area contributed by atoms with Gasteiger partial charge in [0.25, 0.3) is 0 Å². The minimum atomic E-state index is 0.474. The topological polar surface area (TPSA) is 12.0 Å². The molecule has 0 bridgehead atoms. The second-order valence-corrected chi connectivity index (χ2v) is 3.88. The van der Waals surface area contributed by atoms with Crippen molar-refractivity contribution in [3.8, 4) is 12.3 Å². The average Bonchev–Trinajstić information content (AvgIpc) is 2.57. The van der Waals surface area contributed by atoms with E-state index in [1.54, 1.807) is 0 Å². The van der Waals surface area contributed by atoms with Gasteiger partial charge in [-0.05, 0) is 30.9 Å². The van der Waals surface area contributed by atoms with E-state index in [0.717, 1.165) is 0 Å². The van der Waals surface area contributed by atoms with Gasteiger partial charge in [-0.3, -0.25) is 5.32 Å². The zero-order valence-corrected chi connectivity index (χ0v) is 8.51. The van der Waals surface area contributed by atoms with E-state index >= 15 is 0 Å². The highest BCUT2D eigenvalue weighted by atomic mass is 14.9. The van der Waals surface area contributed by atoms with Crippen LogP contribution in [0.1, 0.15) is 29.2 Å². The lowest BCUT2D eigenvalue weighted by atomic mass is 10.1. The van der Waals surface area contributed by atoms with E-state index in [1.807, 2.05) is 0 Å². The summed E-state index contributed by atoms with van der Waals surface area (Å²) in [4.78, 5) is 0. The Kier molecular flexibility index (Phi) is 2.56. The van der Waals surface area contributed by atoms with Gasteiger partial charge in [0.2, 0.25) is 0 Å². The predicted octanol–water partition coefficient (Wildman–Crippen LogP) is 2.21. The lowest BCUT2D eigenvalue weighted by molar-refractivity contribution is 0.568. The molecule has 0 fully saturated rings. The van der Waals surface area contributed by atoms with Crippen molar-refractivity contribution in [1.82, 2.24) is 5.32 Å². The summed E-state index contributed by atoms with van der Waals surface area (Å²) in [6.07, 6.45) is 7.60. The Balaban J connectivity index is 2.19. The number of terminal acetylenes is 1. The van der Waals surface area contributed by atoms with Gasteiger partial charge in [-0.1, -0.05) is 29.7 Å². The highest BCUT2D eigenvalue weighted by Gasteiger charge is 2.20. The quantitative estimate of drug-likeness (QED) is 0.696. The summed E-state index contributed by atoms with van der Waals surface area (Å²) in [5, 5.41) is 3.37. The molecule has 0 saturated carbocycles. The zero-order valence-electron chi connectivity index (χ0n) is 8.51. The van der Waals surface area contributed by atoms with E-state index < -0.39 is 0 Å². The zero-order chi connectivity index (χ0) is 9.97. The van der Waals surface area contributed by atoms with Crippen LogP contribution in [0.15, 0.2) is 18.2 Å². The molecular formula is C13H15N. The predicted molar refractivity (Wildman–Crippen MR) is 59.1 cm³/mol. The summed E-state index contributed by atoms with van der Waals surface area (Å²) in [6.45, 7) is 2.81. The van der Waals surface area contributed by atoms with Gasteiger partial charge in [0.15, 0.2) is 0 Å². The summed E-state index contributed by atoms with van der Waals surface area (Å²) < 4.78 is 0. The standard InChI is InChI=1S/C13H15N/c1-3-8-14-13-7-5-11-9-10(2)4-6-12(11)13/h1,4,6,9,13-14H,5,7-8H2,2H3/t13-/m1/s1. The van der Waals surface area contributed by atoms with Gasteiger partial charge in [0.1, 0.15) is 0 Å². The molecule has 1 aliphatic carbocycles. The number of nitrogens with one attached hydrogen (secondary N) is 1. The van der Waals surface area contributed by atoms with Crippen LogP contribution in [0, 0.1) is 19.3 Å². The maximum atomic E-state index is 5.24. The monoisotopic (exact) mass is 185 g/mol. The first kappa shape index (κ1) is 9.30. The molecular weight excluding hydrogens is 170 g/mol. The van der Waals surface area contributed by atoms with Crippen molar-refractivity contribution in [2.45, 2.75) is 25.8 Å². The minimum Gasteiger partial charge on any atom is -0.299 e. The Morgan fingerprint density at radius 3 is 3.21 bits per heavy atom. The van der Waals surface area contributed by atoms with E-state index in [-0.39, 0.29) is 0 Å². The fourth-order valence-corrected chi connectivity index (χ4v) is 2.14. The van der Waals surface area contributed by atoms with Crippen molar-refractivity contribution in [3.63, 3.8) is 0 Å². The summed E-state index contributed by atoms with van der Waals surface area (Å²) in [5.74, 6) is 2.63. The summed E-state index contributed by atoms with van der Waals surface area (Å²) in [6, 6.07) is 7.16. The molecule has 0 aromatic heterocycles. The van der Waals surface area contributed by atoms with Gasteiger partial charge in [-0.15, -0.1) is 6.42 Å². The van der Waals surface area contributed by atoms with Crippen LogP contribution >= 0.6 is 0 Å². The normalized spacial score (nSPS) is 19.0. The third-order valence-electron chi connectivity index (χ3n) is 2.83. The van der Waals surface area contributed by atoms with Gasteiger partial charge >= 0.3 is 0 Å².